The molecule has 2 atom stereocenters. The van der Waals surface area contributed by atoms with Gasteiger partial charge in [0.15, 0.2) is 5.82 Å². The lowest BCUT2D eigenvalue weighted by Gasteiger charge is -2.42. The Kier molecular flexibility index (Phi) is 9.32. The number of benzene rings is 2. The van der Waals surface area contributed by atoms with Crippen molar-refractivity contribution >= 4 is 19.9 Å². The van der Waals surface area contributed by atoms with Crippen molar-refractivity contribution in [3.05, 3.63) is 64.4 Å². The van der Waals surface area contributed by atoms with E-state index in [-0.39, 0.29) is 11.8 Å². The number of likely N-dealkylation sites (tertiary alicyclic amines) is 1. The third-order valence-corrected chi connectivity index (χ3v) is 14.6. The molecule has 2 N–H and O–H groups in total. The average molecular weight is 536 g/mol. The number of hydrogen-bond acceptors (Lipinski definition) is 4. The summed E-state index contributed by atoms with van der Waals surface area (Å²) in [5.74, 6) is -0.138. The van der Waals surface area contributed by atoms with Crippen LogP contribution in [0.5, 0.6) is 5.75 Å². The van der Waals surface area contributed by atoms with E-state index in [0.717, 1.165) is 5.56 Å². The second-order valence-corrected chi connectivity index (χ2v) is 17.2. The molecule has 2 unspecified atom stereocenters. The van der Waals surface area contributed by atoms with Gasteiger partial charge in [-0.15, -0.1) is 0 Å². The molecular formula is C29H43ClFNO3Si. The normalized spacial score (nSPS) is 18.6. The molecule has 4 nitrogen and oxygen atoms in total. The number of aliphatic hydroxyl groups excluding tert-OH is 1. The lowest BCUT2D eigenvalue weighted by molar-refractivity contribution is -0.0502. The molecule has 1 fully saturated rings. The van der Waals surface area contributed by atoms with Gasteiger partial charge in [0, 0.05) is 24.2 Å². The van der Waals surface area contributed by atoms with Crippen LogP contribution in [0.25, 0.3) is 0 Å². The smallest absolute Gasteiger partial charge is 0.258 e. The summed E-state index contributed by atoms with van der Waals surface area (Å²) in [5.41, 5.74) is 1.52. The van der Waals surface area contributed by atoms with Crippen LogP contribution in [0.2, 0.25) is 21.6 Å². The number of aliphatic hydroxyl groups is 2. The van der Waals surface area contributed by atoms with Gasteiger partial charge in [0.2, 0.25) is 0 Å². The second kappa shape index (κ2) is 11.5. The number of halogens is 2. The molecule has 2 aromatic carbocycles. The SMILES string of the molecule is CC(C(O)c1ccc(O[Si](C(C)C)(C(C)C)C(C)C)c(F)c1)N1CCC(O)(c2ccc(Cl)cc2)CC1. The highest BCUT2D eigenvalue weighted by molar-refractivity contribution is 6.78. The molecule has 0 bridgehead atoms. The van der Waals surface area contributed by atoms with Gasteiger partial charge in [0.1, 0.15) is 5.75 Å². The molecule has 200 valence electrons. The maximum atomic E-state index is 15.3. The molecule has 0 radical (unpaired) electrons. The molecule has 7 heteroatoms. The van der Waals surface area contributed by atoms with Gasteiger partial charge < -0.3 is 14.6 Å². The number of nitrogens with zero attached hydrogens (tertiary/aromatic N) is 1. The van der Waals surface area contributed by atoms with Gasteiger partial charge in [-0.3, -0.25) is 4.90 Å². The largest absolute Gasteiger partial charge is 0.541 e. The van der Waals surface area contributed by atoms with Crippen LogP contribution in [0.4, 0.5) is 4.39 Å². The van der Waals surface area contributed by atoms with E-state index < -0.39 is 25.8 Å². The van der Waals surface area contributed by atoms with Crippen molar-refractivity contribution in [3.8, 4) is 5.75 Å². The lowest BCUT2D eigenvalue weighted by Crippen LogP contribution is -2.50. The van der Waals surface area contributed by atoms with E-state index in [4.69, 9.17) is 16.0 Å². The molecule has 0 aromatic heterocycles. The summed E-state index contributed by atoms with van der Waals surface area (Å²) in [6, 6.07) is 12.0. The first-order chi connectivity index (χ1) is 16.8. The summed E-state index contributed by atoms with van der Waals surface area (Å²) in [6.07, 6.45) is 0.260. The predicted octanol–water partition coefficient (Wildman–Crippen LogP) is 7.44. The minimum absolute atomic E-state index is 0.221. The van der Waals surface area contributed by atoms with E-state index in [9.17, 15) is 10.2 Å². The van der Waals surface area contributed by atoms with Crippen molar-refractivity contribution < 1.29 is 19.0 Å². The van der Waals surface area contributed by atoms with E-state index in [1.807, 2.05) is 19.1 Å². The molecule has 1 aliphatic rings. The maximum Gasteiger partial charge on any atom is 0.258 e. The molecule has 1 aliphatic heterocycles. The Morgan fingerprint density at radius 3 is 1.92 bits per heavy atom. The third kappa shape index (κ3) is 5.83. The molecule has 3 rings (SSSR count). The monoisotopic (exact) mass is 535 g/mol. The number of hydrogen-bond donors (Lipinski definition) is 2. The molecule has 0 spiro atoms. The van der Waals surface area contributed by atoms with Crippen molar-refractivity contribution in [2.45, 2.75) is 95.7 Å². The Hall–Kier alpha value is -1.44. The Bertz CT molecular complexity index is 984. The van der Waals surface area contributed by atoms with Crippen LogP contribution in [0.15, 0.2) is 42.5 Å². The fourth-order valence-corrected chi connectivity index (χ4v) is 11.5. The molecular weight excluding hydrogens is 493 g/mol. The van der Waals surface area contributed by atoms with E-state index in [0.29, 0.717) is 53.1 Å². The molecule has 0 amide bonds. The highest BCUT2D eigenvalue weighted by atomic mass is 35.5. The quantitative estimate of drug-likeness (QED) is 0.327. The van der Waals surface area contributed by atoms with E-state index >= 15 is 4.39 Å². The van der Waals surface area contributed by atoms with E-state index in [1.54, 1.807) is 24.3 Å². The lowest BCUT2D eigenvalue weighted by atomic mass is 9.83. The molecule has 2 aromatic rings. The second-order valence-electron chi connectivity index (χ2n) is 11.4. The van der Waals surface area contributed by atoms with Crippen LogP contribution in [-0.4, -0.2) is 42.6 Å². The topological polar surface area (TPSA) is 52.9 Å². The summed E-state index contributed by atoms with van der Waals surface area (Å²) in [4.78, 5) is 2.16. The zero-order chi connectivity index (χ0) is 26.8. The standard InChI is InChI=1S/C29H43ClFNO3Si/c1-19(2)36(20(3)4,21(5)6)35-27-13-8-23(18-26(27)31)28(33)22(7)32-16-14-29(34,15-17-32)24-9-11-25(30)12-10-24/h8-13,18-22,28,33-34H,14-17H2,1-7H3. The van der Waals surface area contributed by atoms with Crippen molar-refractivity contribution in [2.75, 3.05) is 13.1 Å². The maximum absolute atomic E-state index is 15.3. The Balaban J connectivity index is 1.71. The average Bonchev–Trinajstić information content (AvgIpc) is 2.82. The van der Waals surface area contributed by atoms with Gasteiger partial charge in [-0.1, -0.05) is 71.3 Å². The first-order valence-corrected chi connectivity index (χ1v) is 15.7. The summed E-state index contributed by atoms with van der Waals surface area (Å²) in [5, 5.41) is 22.9. The fourth-order valence-electron chi connectivity index (χ4n) is 6.16. The molecule has 0 aliphatic carbocycles. The predicted molar refractivity (Wildman–Crippen MR) is 149 cm³/mol. The molecule has 1 heterocycles. The van der Waals surface area contributed by atoms with E-state index in [2.05, 4.69) is 46.4 Å². The summed E-state index contributed by atoms with van der Waals surface area (Å²) >= 11 is 6.00. The number of rotatable bonds is 9. The van der Waals surface area contributed by atoms with Crippen LogP contribution in [0.1, 0.15) is 78.5 Å². The number of piperidine rings is 1. The first-order valence-electron chi connectivity index (χ1n) is 13.2. The van der Waals surface area contributed by atoms with Gasteiger partial charge in [-0.05, 0) is 71.8 Å². The van der Waals surface area contributed by atoms with Crippen molar-refractivity contribution in [3.63, 3.8) is 0 Å². The van der Waals surface area contributed by atoms with Crippen LogP contribution in [0.3, 0.4) is 0 Å². The van der Waals surface area contributed by atoms with Crippen LogP contribution in [0, 0.1) is 5.82 Å². The summed E-state index contributed by atoms with van der Waals surface area (Å²) in [6.45, 7) is 16.3. The van der Waals surface area contributed by atoms with Gasteiger partial charge in [0.05, 0.1) is 11.7 Å². The zero-order valence-corrected chi connectivity index (χ0v) is 24.5. The Morgan fingerprint density at radius 1 is 0.917 bits per heavy atom. The van der Waals surface area contributed by atoms with Crippen LogP contribution in [-0.2, 0) is 5.60 Å². The zero-order valence-electron chi connectivity index (χ0n) is 22.8. The molecule has 1 saturated heterocycles. The van der Waals surface area contributed by atoms with Gasteiger partial charge in [-0.25, -0.2) is 4.39 Å². The van der Waals surface area contributed by atoms with Gasteiger partial charge in [-0.2, -0.15) is 0 Å². The van der Waals surface area contributed by atoms with Gasteiger partial charge >= 0.3 is 0 Å². The Morgan fingerprint density at radius 2 is 1.44 bits per heavy atom. The Labute approximate surface area is 222 Å². The third-order valence-electron chi connectivity index (χ3n) is 8.33. The minimum atomic E-state index is -2.28. The molecule has 0 saturated carbocycles. The van der Waals surface area contributed by atoms with Crippen LogP contribution >= 0.6 is 11.6 Å². The van der Waals surface area contributed by atoms with Gasteiger partial charge in [0.25, 0.3) is 8.32 Å². The molecule has 36 heavy (non-hydrogen) atoms. The fraction of sp³-hybridized carbons (Fsp3) is 0.586. The van der Waals surface area contributed by atoms with Crippen molar-refractivity contribution in [2.24, 2.45) is 0 Å². The van der Waals surface area contributed by atoms with E-state index in [1.165, 1.54) is 6.07 Å². The highest BCUT2D eigenvalue weighted by Gasteiger charge is 2.47. The van der Waals surface area contributed by atoms with Crippen molar-refractivity contribution in [1.29, 1.82) is 0 Å². The summed E-state index contributed by atoms with van der Waals surface area (Å²) < 4.78 is 21.8. The van der Waals surface area contributed by atoms with Crippen LogP contribution < -0.4 is 4.43 Å². The summed E-state index contributed by atoms with van der Waals surface area (Å²) in [7, 11) is -2.28. The minimum Gasteiger partial charge on any atom is -0.541 e. The highest BCUT2D eigenvalue weighted by Crippen LogP contribution is 2.43. The first kappa shape index (κ1) is 29.1. The van der Waals surface area contributed by atoms with Crippen molar-refractivity contribution in [1.82, 2.24) is 4.90 Å².